The molecule has 2 aromatic heterocycles. The second kappa shape index (κ2) is 6.72. The fourth-order valence-electron chi connectivity index (χ4n) is 3.53. The molecule has 1 fully saturated rings. The van der Waals surface area contributed by atoms with Crippen LogP contribution in [-0.4, -0.2) is 15.3 Å². The van der Waals surface area contributed by atoms with Gasteiger partial charge in [-0.05, 0) is 48.2 Å². The minimum Gasteiger partial charge on any atom is -0.310 e. The molecule has 140 valence electrons. The zero-order valence-electron chi connectivity index (χ0n) is 14.6. The number of aromatic nitrogens is 2. The van der Waals surface area contributed by atoms with E-state index in [2.05, 4.69) is 10.3 Å². The van der Waals surface area contributed by atoms with Crippen LogP contribution < -0.4 is 5.32 Å². The molecule has 7 heteroatoms. The van der Waals surface area contributed by atoms with E-state index in [-0.39, 0.29) is 23.6 Å². The summed E-state index contributed by atoms with van der Waals surface area (Å²) in [6.07, 6.45) is 2.64. The molecular formula is C21H15ClFN3OS. The Balaban J connectivity index is 1.44. The van der Waals surface area contributed by atoms with Gasteiger partial charge in [-0.15, -0.1) is 11.3 Å². The van der Waals surface area contributed by atoms with Gasteiger partial charge in [-0.2, -0.15) is 0 Å². The van der Waals surface area contributed by atoms with E-state index < -0.39 is 0 Å². The average Bonchev–Trinajstić information content (AvgIpc) is 3.23. The number of benzene rings is 2. The number of amides is 1. The Hall–Kier alpha value is -2.70. The maximum absolute atomic E-state index is 13.3. The van der Waals surface area contributed by atoms with Gasteiger partial charge in [0.1, 0.15) is 17.3 Å². The first-order valence-electron chi connectivity index (χ1n) is 8.88. The topological polar surface area (TPSA) is 46.4 Å². The van der Waals surface area contributed by atoms with Crippen molar-refractivity contribution in [3.05, 3.63) is 76.5 Å². The molecule has 1 aliphatic rings. The number of rotatable bonds is 4. The van der Waals surface area contributed by atoms with Crippen LogP contribution in [0.1, 0.15) is 17.9 Å². The largest absolute Gasteiger partial charge is 0.310 e. The molecule has 0 radical (unpaired) electrons. The lowest BCUT2D eigenvalue weighted by Gasteiger charge is -2.08. The molecule has 1 amide bonds. The summed E-state index contributed by atoms with van der Waals surface area (Å²) in [5.74, 6) is 0.258. The quantitative estimate of drug-likeness (QED) is 0.475. The summed E-state index contributed by atoms with van der Waals surface area (Å²) in [6, 6.07) is 13.8. The van der Waals surface area contributed by atoms with Crippen molar-refractivity contribution in [1.82, 2.24) is 9.38 Å². The van der Waals surface area contributed by atoms with E-state index in [0.717, 1.165) is 22.5 Å². The lowest BCUT2D eigenvalue weighted by Crippen LogP contribution is -2.16. The van der Waals surface area contributed by atoms with Crippen molar-refractivity contribution in [3.8, 4) is 11.3 Å². The standard InChI is InChI=1S/C21H15ClFN3OS/c22-17-4-2-1-3-14(17)15-11-16(15)20(27)25-19-18(12-5-7-13(23)8-6-12)24-21-26(19)9-10-28-21/h1-10,15-16H,11H2,(H,25,27). The van der Waals surface area contributed by atoms with Crippen molar-refractivity contribution in [1.29, 1.82) is 0 Å². The van der Waals surface area contributed by atoms with Gasteiger partial charge in [0.05, 0.1) is 0 Å². The maximum Gasteiger partial charge on any atom is 0.229 e. The minimum absolute atomic E-state index is 0.0544. The SMILES string of the molecule is O=C(Nc1c(-c2ccc(F)cc2)nc2sccn12)C1CC1c1ccccc1Cl. The lowest BCUT2D eigenvalue weighted by molar-refractivity contribution is -0.117. The van der Waals surface area contributed by atoms with Gasteiger partial charge in [-0.25, -0.2) is 9.37 Å². The van der Waals surface area contributed by atoms with Crippen LogP contribution in [0.4, 0.5) is 10.2 Å². The molecule has 0 aliphatic heterocycles. The molecule has 1 saturated carbocycles. The molecule has 1 N–H and O–H groups in total. The Kier molecular flexibility index (Phi) is 4.18. The first-order chi connectivity index (χ1) is 13.6. The molecule has 4 nitrogen and oxygen atoms in total. The zero-order valence-corrected chi connectivity index (χ0v) is 16.2. The number of halogens is 2. The third-order valence-electron chi connectivity index (χ3n) is 5.05. The van der Waals surface area contributed by atoms with E-state index in [4.69, 9.17) is 11.6 Å². The lowest BCUT2D eigenvalue weighted by atomic mass is 10.1. The van der Waals surface area contributed by atoms with Crippen molar-refractivity contribution in [2.24, 2.45) is 5.92 Å². The average molecular weight is 412 g/mol. The van der Waals surface area contributed by atoms with E-state index in [1.165, 1.54) is 23.5 Å². The van der Waals surface area contributed by atoms with Gasteiger partial charge in [0.25, 0.3) is 0 Å². The Morgan fingerprint density at radius 3 is 2.79 bits per heavy atom. The van der Waals surface area contributed by atoms with Crippen molar-refractivity contribution in [3.63, 3.8) is 0 Å². The smallest absolute Gasteiger partial charge is 0.229 e. The first-order valence-corrected chi connectivity index (χ1v) is 10.1. The Morgan fingerprint density at radius 1 is 1.21 bits per heavy atom. The highest BCUT2D eigenvalue weighted by Crippen LogP contribution is 2.50. The maximum atomic E-state index is 13.3. The number of thiazole rings is 1. The molecule has 2 unspecified atom stereocenters. The summed E-state index contributed by atoms with van der Waals surface area (Å²) in [7, 11) is 0. The second-order valence-electron chi connectivity index (χ2n) is 6.83. The molecule has 0 bridgehead atoms. The highest BCUT2D eigenvalue weighted by atomic mass is 35.5. The van der Waals surface area contributed by atoms with Crippen LogP contribution in [0.2, 0.25) is 5.02 Å². The zero-order chi connectivity index (χ0) is 19.3. The van der Waals surface area contributed by atoms with Crippen molar-refractivity contribution < 1.29 is 9.18 Å². The van der Waals surface area contributed by atoms with Crippen LogP contribution in [0.5, 0.6) is 0 Å². The third kappa shape index (κ3) is 2.99. The van der Waals surface area contributed by atoms with Crippen molar-refractivity contribution in [2.45, 2.75) is 12.3 Å². The third-order valence-corrected chi connectivity index (χ3v) is 6.15. The molecule has 28 heavy (non-hydrogen) atoms. The fourth-order valence-corrected chi connectivity index (χ4v) is 4.52. The van der Waals surface area contributed by atoms with Crippen molar-refractivity contribution in [2.75, 3.05) is 5.32 Å². The molecule has 0 spiro atoms. The van der Waals surface area contributed by atoms with Gasteiger partial charge < -0.3 is 5.32 Å². The summed E-state index contributed by atoms with van der Waals surface area (Å²) in [5.41, 5.74) is 2.40. The summed E-state index contributed by atoms with van der Waals surface area (Å²) >= 11 is 7.76. The molecule has 5 rings (SSSR count). The van der Waals surface area contributed by atoms with Crippen LogP contribution in [0.25, 0.3) is 16.2 Å². The Morgan fingerprint density at radius 2 is 2.00 bits per heavy atom. The van der Waals surface area contributed by atoms with E-state index in [0.29, 0.717) is 16.5 Å². The van der Waals surface area contributed by atoms with Crippen LogP contribution in [0, 0.1) is 11.7 Å². The molecule has 4 aromatic rings. The Labute approximate surface area is 169 Å². The first kappa shape index (κ1) is 17.4. The van der Waals surface area contributed by atoms with Gasteiger partial charge in [0.2, 0.25) is 5.91 Å². The van der Waals surface area contributed by atoms with E-state index in [1.807, 2.05) is 40.2 Å². The molecule has 1 aliphatic carbocycles. The van der Waals surface area contributed by atoms with Gasteiger partial charge >= 0.3 is 0 Å². The highest BCUT2D eigenvalue weighted by Gasteiger charge is 2.45. The number of carbonyl (C=O) groups is 1. The van der Waals surface area contributed by atoms with E-state index >= 15 is 0 Å². The molecular weight excluding hydrogens is 397 g/mol. The predicted octanol–water partition coefficient (Wildman–Crippen LogP) is 5.60. The van der Waals surface area contributed by atoms with E-state index in [1.54, 1.807) is 12.1 Å². The number of hydrogen-bond donors (Lipinski definition) is 1. The van der Waals surface area contributed by atoms with Gasteiger partial charge in [-0.3, -0.25) is 9.20 Å². The number of nitrogens with one attached hydrogen (secondary N) is 1. The molecule has 0 saturated heterocycles. The number of carbonyl (C=O) groups excluding carboxylic acids is 1. The number of hydrogen-bond acceptors (Lipinski definition) is 3. The van der Waals surface area contributed by atoms with Crippen LogP contribution in [0.15, 0.2) is 60.1 Å². The highest BCUT2D eigenvalue weighted by molar-refractivity contribution is 7.15. The summed E-state index contributed by atoms with van der Waals surface area (Å²) in [4.78, 5) is 18.3. The molecule has 2 heterocycles. The van der Waals surface area contributed by atoms with Gasteiger partial charge in [-0.1, -0.05) is 29.8 Å². The summed E-state index contributed by atoms with van der Waals surface area (Å²) < 4.78 is 15.2. The minimum atomic E-state index is -0.309. The Bertz CT molecular complexity index is 1180. The van der Waals surface area contributed by atoms with Crippen LogP contribution in [0.3, 0.4) is 0 Å². The number of imidazole rings is 1. The molecule has 2 aromatic carbocycles. The normalized spacial score (nSPS) is 18.4. The monoisotopic (exact) mass is 411 g/mol. The van der Waals surface area contributed by atoms with Crippen LogP contribution >= 0.6 is 22.9 Å². The second-order valence-corrected chi connectivity index (χ2v) is 8.11. The number of nitrogens with zero attached hydrogens (tertiary/aromatic N) is 2. The molecule has 2 atom stereocenters. The van der Waals surface area contributed by atoms with E-state index in [9.17, 15) is 9.18 Å². The number of anilines is 1. The number of fused-ring (bicyclic) bond motifs is 1. The van der Waals surface area contributed by atoms with Gasteiger partial charge in [0.15, 0.2) is 4.96 Å². The summed E-state index contributed by atoms with van der Waals surface area (Å²) in [6.45, 7) is 0. The predicted molar refractivity (Wildman–Crippen MR) is 109 cm³/mol. The van der Waals surface area contributed by atoms with Crippen LogP contribution in [-0.2, 0) is 4.79 Å². The van der Waals surface area contributed by atoms with Crippen molar-refractivity contribution >= 4 is 39.6 Å². The fraction of sp³-hybridized carbons (Fsp3) is 0.143. The summed E-state index contributed by atoms with van der Waals surface area (Å²) in [5, 5.41) is 5.65. The van der Waals surface area contributed by atoms with Gasteiger partial charge in [0, 0.05) is 28.1 Å².